The summed E-state index contributed by atoms with van der Waals surface area (Å²) in [6, 6.07) is 11.0. The van der Waals surface area contributed by atoms with Crippen LogP contribution in [0.15, 0.2) is 36.5 Å². The quantitative estimate of drug-likeness (QED) is 0.894. The van der Waals surface area contributed by atoms with E-state index in [2.05, 4.69) is 53.4 Å². The van der Waals surface area contributed by atoms with Gasteiger partial charge < -0.3 is 10.2 Å². The van der Waals surface area contributed by atoms with Gasteiger partial charge >= 0.3 is 0 Å². The van der Waals surface area contributed by atoms with Gasteiger partial charge in [0, 0.05) is 29.9 Å². The predicted octanol–water partition coefficient (Wildman–Crippen LogP) is 2.99. The normalized spacial score (nSPS) is 24.5. The van der Waals surface area contributed by atoms with Gasteiger partial charge in [0.25, 0.3) is 0 Å². The Labute approximate surface area is 114 Å². The van der Waals surface area contributed by atoms with Crippen molar-refractivity contribution < 1.29 is 0 Å². The zero-order chi connectivity index (χ0) is 13.2. The molecule has 100 valence electrons. The topological polar surface area (TPSA) is 28.2 Å². The zero-order valence-electron chi connectivity index (χ0n) is 11.6. The van der Waals surface area contributed by atoms with Crippen LogP contribution >= 0.6 is 0 Å². The smallest absolute Gasteiger partial charge is 0.0722 e. The molecule has 2 heterocycles. The van der Waals surface area contributed by atoms with E-state index in [1.807, 2.05) is 12.3 Å². The second-order valence-corrected chi connectivity index (χ2v) is 5.65. The fourth-order valence-corrected chi connectivity index (χ4v) is 2.99. The number of piperidine rings is 1. The Kier molecular flexibility index (Phi) is 3.38. The van der Waals surface area contributed by atoms with Gasteiger partial charge in [0.1, 0.15) is 0 Å². The van der Waals surface area contributed by atoms with Crippen molar-refractivity contribution in [1.29, 1.82) is 0 Å². The van der Waals surface area contributed by atoms with Crippen LogP contribution in [0.4, 0.5) is 5.69 Å². The lowest BCUT2D eigenvalue weighted by Crippen LogP contribution is -2.43. The Bertz CT molecular complexity index is 561. The molecule has 1 aliphatic rings. The molecular weight excluding hydrogens is 234 g/mol. The Morgan fingerprint density at radius 2 is 2.11 bits per heavy atom. The highest BCUT2D eigenvalue weighted by Crippen LogP contribution is 2.25. The van der Waals surface area contributed by atoms with Gasteiger partial charge in [0.2, 0.25) is 0 Å². The number of anilines is 1. The van der Waals surface area contributed by atoms with Crippen LogP contribution in [-0.4, -0.2) is 36.1 Å². The second-order valence-electron chi connectivity index (χ2n) is 5.65. The number of aromatic nitrogens is 1. The van der Waals surface area contributed by atoms with Gasteiger partial charge in [-0.2, -0.15) is 0 Å². The lowest BCUT2D eigenvalue weighted by Gasteiger charge is -2.36. The van der Waals surface area contributed by atoms with Crippen molar-refractivity contribution in [3.8, 4) is 0 Å². The largest absolute Gasteiger partial charge is 0.381 e. The molecule has 3 nitrogen and oxygen atoms in total. The first-order valence-corrected chi connectivity index (χ1v) is 7.03. The average Bonchev–Trinajstić information content (AvgIpc) is 2.42. The molecule has 19 heavy (non-hydrogen) atoms. The van der Waals surface area contributed by atoms with Crippen LogP contribution in [0.1, 0.15) is 13.3 Å². The molecule has 1 aromatic carbocycles. The lowest BCUT2D eigenvalue weighted by atomic mass is 9.94. The highest BCUT2D eigenvalue weighted by molar-refractivity contribution is 5.90. The van der Waals surface area contributed by atoms with E-state index >= 15 is 0 Å². The Morgan fingerprint density at radius 3 is 2.95 bits per heavy atom. The Morgan fingerprint density at radius 1 is 1.26 bits per heavy atom. The molecule has 1 saturated heterocycles. The predicted molar refractivity (Wildman–Crippen MR) is 80.4 cm³/mol. The summed E-state index contributed by atoms with van der Waals surface area (Å²) in [7, 11) is 2.20. The van der Waals surface area contributed by atoms with Crippen molar-refractivity contribution in [2.75, 3.05) is 25.5 Å². The summed E-state index contributed by atoms with van der Waals surface area (Å²) in [5.41, 5.74) is 2.28. The van der Waals surface area contributed by atoms with E-state index < -0.39 is 0 Å². The first kappa shape index (κ1) is 12.4. The summed E-state index contributed by atoms with van der Waals surface area (Å²) in [4.78, 5) is 6.83. The van der Waals surface area contributed by atoms with Crippen LogP contribution in [0.5, 0.6) is 0 Å². The number of likely N-dealkylation sites (tertiary alicyclic amines) is 1. The van der Waals surface area contributed by atoms with Gasteiger partial charge in [-0.1, -0.05) is 25.1 Å². The van der Waals surface area contributed by atoms with Crippen molar-refractivity contribution >= 4 is 16.6 Å². The number of hydrogen-bond donors (Lipinski definition) is 1. The minimum absolute atomic E-state index is 0.557. The average molecular weight is 255 g/mol. The molecular formula is C16H21N3. The molecule has 0 radical (unpaired) electrons. The first-order valence-electron chi connectivity index (χ1n) is 7.03. The summed E-state index contributed by atoms with van der Waals surface area (Å²) in [5.74, 6) is 0.672. The Balaban J connectivity index is 1.85. The fraction of sp³-hybridized carbons (Fsp3) is 0.438. The zero-order valence-corrected chi connectivity index (χ0v) is 11.6. The van der Waals surface area contributed by atoms with Gasteiger partial charge in [0.15, 0.2) is 0 Å². The van der Waals surface area contributed by atoms with Crippen LogP contribution < -0.4 is 5.32 Å². The van der Waals surface area contributed by atoms with Crippen LogP contribution in [0.2, 0.25) is 0 Å². The maximum absolute atomic E-state index is 4.42. The van der Waals surface area contributed by atoms with E-state index in [0.29, 0.717) is 12.0 Å². The maximum Gasteiger partial charge on any atom is 0.0722 e. The first-order chi connectivity index (χ1) is 9.24. The lowest BCUT2D eigenvalue weighted by molar-refractivity contribution is 0.206. The Hall–Kier alpha value is -1.61. The minimum atomic E-state index is 0.557. The molecule has 0 bridgehead atoms. The monoisotopic (exact) mass is 255 g/mol. The van der Waals surface area contributed by atoms with Crippen LogP contribution in [0, 0.1) is 5.92 Å². The highest BCUT2D eigenvalue weighted by Gasteiger charge is 2.24. The van der Waals surface area contributed by atoms with E-state index in [0.717, 1.165) is 5.52 Å². The summed E-state index contributed by atoms with van der Waals surface area (Å²) in [5, 5.41) is 4.95. The van der Waals surface area contributed by atoms with Crippen LogP contribution in [0.25, 0.3) is 10.9 Å². The van der Waals surface area contributed by atoms with Crippen molar-refractivity contribution in [3.05, 3.63) is 36.5 Å². The third-order valence-corrected chi connectivity index (χ3v) is 4.10. The highest BCUT2D eigenvalue weighted by atomic mass is 15.1. The number of nitrogens with zero attached hydrogens (tertiary/aromatic N) is 2. The number of hydrogen-bond acceptors (Lipinski definition) is 3. The summed E-state index contributed by atoms with van der Waals surface area (Å²) < 4.78 is 0. The standard InChI is InChI=1S/C16H21N3/c1-12-11-19(2)10-8-14(12)18-16-7-9-17-15-6-4-3-5-13(15)16/h3-7,9,12,14H,8,10-11H2,1-2H3,(H,17,18). The number of para-hydroxylation sites is 1. The van der Waals surface area contributed by atoms with Gasteiger partial charge in [0.05, 0.1) is 5.52 Å². The fourth-order valence-electron chi connectivity index (χ4n) is 2.99. The van der Waals surface area contributed by atoms with Crippen molar-refractivity contribution in [2.45, 2.75) is 19.4 Å². The number of rotatable bonds is 2. The van der Waals surface area contributed by atoms with Crippen LogP contribution in [-0.2, 0) is 0 Å². The minimum Gasteiger partial charge on any atom is -0.381 e. The number of fused-ring (bicyclic) bond motifs is 1. The summed E-state index contributed by atoms with van der Waals surface area (Å²) >= 11 is 0. The SMILES string of the molecule is CC1CN(C)CCC1Nc1ccnc2ccccc12. The molecule has 1 aromatic heterocycles. The second kappa shape index (κ2) is 5.17. The molecule has 2 unspecified atom stereocenters. The molecule has 0 saturated carbocycles. The third kappa shape index (κ3) is 2.56. The molecule has 3 rings (SSSR count). The molecule has 0 spiro atoms. The van der Waals surface area contributed by atoms with Gasteiger partial charge in [-0.15, -0.1) is 0 Å². The van der Waals surface area contributed by atoms with Crippen molar-refractivity contribution in [1.82, 2.24) is 9.88 Å². The van der Waals surface area contributed by atoms with E-state index in [1.54, 1.807) is 0 Å². The molecule has 1 fully saturated rings. The molecule has 1 N–H and O–H groups in total. The molecule has 0 aliphatic carbocycles. The van der Waals surface area contributed by atoms with Gasteiger partial charge in [-0.05, 0) is 38.1 Å². The van der Waals surface area contributed by atoms with Gasteiger partial charge in [-0.3, -0.25) is 4.98 Å². The van der Waals surface area contributed by atoms with Crippen molar-refractivity contribution in [2.24, 2.45) is 5.92 Å². The summed E-state index contributed by atoms with van der Waals surface area (Å²) in [6.45, 7) is 4.67. The number of pyridine rings is 1. The molecule has 2 aromatic rings. The van der Waals surface area contributed by atoms with E-state index in [9.17, 15) is 0 Å². The molecule has 0 amide bonds. The summed E-state index contributed by atoms with van der Waals surface area (Å²) in [6.07, 6.45) is 3.10. The number of benzene rings is 1. The van der Waals surface area contributed by atoms with Crippen LogP contribution in [0.3, 0.4) is 0 Å². The van der Waals surface area contributed by atoms with Crippen molar-refractivity contribution in [3.63, 3.8) is 0 Å². The van der Waals surface area contributed by atoms with Gasteiger partial charge in [-0.25, -0.2) is 0 Å². The molecule has 1 aliphatic heterocycles. The third-order valence-electron chi connectivity index (χ3n) is 4.10. The molecule has 3 heteroatoms. The van der Waals surface area contributed by atoms with E-state index in [1.165, 1.54) is 30.6 Å². The number of nitrogens with one attached hydrogen (secondary N) is 1. The van der Waals surface area contributed by atoms with E-state index in [-0.39, 0.29) is 0 Å². The molecule has 2 atom stereocenters. The maximum atomic E-state index is 4.42. The van der Waals surface area contributed by atoms with E-state index in [4.69, 9.17) is 0 Å².